The van der Waals surface area contributed by atoms with Crippen molar-refractivity contribution >= 4 is 24.1 Å². The van der Waals surface area contributed by atoms with E-state index in [0.29, 0.717) is 47.0 Å². The molecule has 0 aliphatic heterocycles. The van der Waals surface area contributed by atoms with Crippen molar-refractivity contribution < 1.29 is 31.1 Å². The molecular weight excluding hydrogens is 536 g/mol. The minimum atomic E-state index is -4.74. The standard InChI is InChI=1S/C29H42N2O6S2/c1-9-11-13-36-25-15-21(7)27(17-23(25)19(3)4)38(32,33)29(31-30)39(34,35)28-18-24(20(5)6)26(16-22(28)8)37-14-12-10-2/h15-20H,9-14H2,1-8H3. The van der Waals surface area contributed by atoms with E-state index in [2.05, 4.69) is 4.79 Å². The Balaban J connectivity index is 2.68. The van der Waals surface area contributed by atoms with Gasteiger partial charge in [0.2, 0.25) is 0 Å². The third kappa shape index (κ3) is 7.29. The summed E-state index contributed by atoms with van der Waals surface area (Å²) in [5.74, 6) is 0.907. The normalized spacial score (nSPS) is 12.1. The third-order valence-corrected chi connectivity index (χ3v) is 10.9. The summed E-state index contributed by atoms with van der Waals surface area (Å²) in [6.07, 6.45) is 3.58. The van der Waals surface area contributed by atoms with Crippen LogP contribution >= 0.6 is 0 Å². The molecule has 0 amide bonds. The zero-order valence-corrected chi connectivity index (χ0v) is 26.0. The lowest BCUT2D eigenvalue weighted by Gasteiger charge is -2.18. The van der Waals surface area contributed by atoms with Crippen molar-refractivity contribution in [3.63, 3.8) is 0 Å². The van der Waals surface area contributed by atoms with Crippen LogP contribution < -0.4 is 9.47 Å². The molecule has 0 saturated heterocycles. The summed E-state index contributed by atoms with van der Waals surface area (Å²) in [7, 11) is -9.48. The van der Waals surface area contributed by atoms with E-state index in [0.717, 1.165) is 25.7 Å². The number of nitrogens with zero attached hydrogens (tertiary/aromatic N) is 2. The highest BCUT2D eigenvalue weighted by atomic mass is 32.3. The molecule has 2 aromatic rings. The summed E-state index contributed by atoms with van der Waals surface area (Å²) >= 11 is 0. The molecule has 0 fully saturated rings. The Hall–Kier alpha value is -2.68. The molecule has 0 radical (unpaired) electrons. The van der Waals surface area contributed by atoms with Crippen LogP contribution in [0, 0.1) is 13.8 Å². The van der Waals surface area contributed by atoms with Crippen LogP contribution in [0.1, 0.15) is 101 Å². The van der Waals surface area contributed by atoms with Crippen LogP contribution in [0.15, 0.2) is 34.1 Å². The molecule has 0 spiro atoms. The van der Waals surface area contributed by atoms with Crippen LogP contribution in [0.3, 0.4) is 0 Å². The molecule has 0 aromatic heterocycles. The first-order chi connectivity index (χ1) is 18.2. The van der Waals surface area contributed by atoms with Gasteiger partial charge >= 0.3 is 4.38 Å². The van der Waals surface area contributed by atoms with Crippen LogP contribution in [0.25, 0.3) is 5.53 Å². The molecule has 2 aromatic carbocycles. The minimum Gasteiger partial charge on any atom is -0.493 e. The fraction of sp³-hybridized carbons (Fsp3) is 0.552. The summed E-state index contributed by atoms with van der Waals surface area (Å²) in [4.78, 5) is 2.37. The molecular formula is C29H42N2O6S2. The summed E-state index contributed by atoms with van der Waals surface area (Å²) < 4.78 is 65.6. The highest BCUT2D eigenvalue weighted by Crippen LogP contribution is 2.36. The van der Waals surface area contributed by atoms with Gasteiger partial charge in [-0.3, -0.25) is 0 Å². The quantitative estimate of drug-likeness (QED) is 0.0903. The van der Waals surface area contributed by atoms with Gasteiger partial charge in [-0.25, -0.2) is 16.8 Å². The van der Waals surface area contributed by atoms with Gasteiger partial charge in [-0.1, -0.05) is 54.4 Å². The summed E-state index contributed by atoms with van der Waals surface area (Å²) in [6, 6.07) is 6.05. The zero-order valence-electron chi connectivity index (χ0n) is 24.4. The lowest BCUT2D eigenvalue weighted by atomic mass is 10.0. The van der Waals surface area contributed by atoms with Gasteiger partial charge in [0.25, 0.3) is 19.7 Å². The summed E-state index contributed by atoms with van der Waals surface area (Å²) in [5.41, 5.74) is 11.7. The van der Waals surface area contributed by atoms with Crippen molar-refractivity contribution in [1.29, 1.82) is 0 Å². The maximum Gasteiger partial charge on any atom is 0.504 e. The molecule has 0 saturated carbocycles. The molecule has 2 rings (SSSR count). The Labute approximate surface area is 234 Å². The Kier molecular flexibility index (Phi) is 11.3. The minimum absolute atomic E-state index is 0.0987. The number of hydrogen-bond acceptors (Lipinski definition) is 6. The number of ether oxygens (including phenoxy) is 2. The van der Waals surface area contributed by atoms with Gasteiger partial charge in [0.1, 0.15) is 11.5 Å². The van der Waals surface area contributed by atoms with Crippen LogP contribution in [0.5, 0.6) is 11.5 Å². The van der Waals surface area contributed by atoms with E-state index in [1.165, 1.54) is 12.1 Å². The maximum absolute atomic E-state index is 13.8. The fourth-order valence-electron chi connectivity index (χ4n) is 4.18. The van der Waals surface area contributed by atoms with E-state index in [-0.39, 0.29) is 21.6 Å². The number of unbranched alkanes of at least 4 members (excludes halogenated alkanes) is 2. The van der Waals surface area contributed by atoms with Gasteiger partial charge in [0.05, 0.1) is 23.0 Å². The SMILES string of the molecule is CCCCOc1cc(C)c(S(=O)(=O)C(=[N+]=[N-])S(=O)(=O)c2cc(C(C)C)c(OCCCC)cc2C)cc1C(C)C. The van der Waals surface area contributed by atoms with Crippen molar-refractivity contribution in [2.75, 3.05) is 13.2 Å². The van der Waals surface area contributed by atoms with E-state index in [4.69, 9.17) is 9.47 Å². The predicted octanol–water partition coefficient (Wildman–Crippen LogP) is 6.74. The van der Waals surface area contributed by atoms with Crippen LogP contribution in [0.2, 0.25) is 0 Å². The second kappa shape index (κ2) is 13.6. The molecule has 0 aliphatic rings. The highest BCUT2D eigenvalue weighted by molar-refractivity contribution is 8.31. The smallest absolute Gasteiger partial charge is 0.493 e. The van der Waals surface area contributed by atoms with Gasteiger partial charge in [-0.2, -0.15) is 0 Å². The first-order valence-electron chi connectivity index (χ1n) is 13.5. The maximum atomic E-state index is 13.8. The van der Waals surface area contributed by atoms with E-state index in [1.54, 1.807) is 26.0 Å². The van der Waals surface area contributed by atoms with Crippen LogP contribution in [-0.4, -0.2) is 39.2 Å². The Morgan fingerprint density at radius 1 is 0.744 bits per heavy atom. The molecule has 10 heteroatoms. The average molecular weight is 579 g/mol. The van der Waals surface area contributed by atoms with Crippen LogP contribution in [-0.2, 0) is 19.7 Å². The van der Waals surface area contributed by atoms with Crippen molar-refractivity contribution in [2.45, 2.75) is 103 Å². The van der Waals surface area contributed by atoms with Gasteiger partial charge in [-0.15, -0.1) is 4.79 Å². The second-order valence-electron chi connectivity index (χ2n) is 10.4. The first-order valence-corrected chi connectivity index (χ1v) is 16.5. The molecule has 39 heavy (non-hydrogen) atoms. The van der Waals surface area contributed by atoms with Crippen molar-refractivity contribution in [2.24, 2.45) is 0 Å². The fourth-order valence-corrected chi connectivity index (χ4v) is 7.99. The Bertz CT molecular complexity index is 1340. The number of sulfone groups is 2. The molecule has 0 unspecified atom stereocenters. The largest absolute Gasteiger partial charge is 0.504 e. The molecule has 0 bridgehead atoms. The molecule has 0 atom stereocenters. The van der Waals surface area contributed by atoms with Crippen molar-refractivity contribution in [1.82, 2.24) is 0 Å². The number of benzene rings is 2. The van der Waals surface area contributed by atoms with E-state index in [1.807, 2.05) is 41.5 Å². The first kappa shape index (κ1) is 32.5. The molecule has 8 nitrogen and oxygen atoms in total. The monoisotopic (exact) mass is 578 g/mol. The van der Waals surface area contributed by atoms with E-state index < -0.39 is 24.1 Å². The topological polar surface area (TPSA) is 123 Å². The van der Waals surface area contributed by atoms with Gasteiger partial charge < -0.3 is 15.0 Å². The highest BCUT2D eigenvalue weighted by Gasteiger charge is 2.46. The number of hydrogen-bond donors (Lipinski definition) is 0. The molecule has 0 N–H and O–H groups in total. The van der Waals surface area contributed by atoms with Crippen molar-refractivity contribution in [3.05, 3.63) is 52.1 Å². The van der Waals surface area contributed by atoms with Gasteiger partial charge in [0.15, 0.2) is 0 Å². The van der Waals surface area contributed by atoms with Gasteiger partial charge in [0, 0.05) is 0 Å². The average Bonchev–Trinajstić information content (AvgIpc) is 2.83. The zero-order chi connectivity index (χ0) is 29.5. The molecule has 216 valence electrons. The van der Waals surface area contributed by atoms with Gasteiger partial charge in [-0.05, 0) is 85.0 Å². The Morgan fingerprint density at radius 2 is 1.10 bits per heavy atom. The third-order valence-electron chi connectivity index (χ3n) is 6.49. The Morgan fingerprint density at radius 3 is 1.38 bits per heavy atom. The summed E-state index contributed by atoms with van der Waals surface area (Å²) in [5, 5.41) is 0. The molecule has 0 aliphatic carbocycles. The van der Waals surface area contributed by atoms with Crippen LogP contribution in [0.4, 0.5) is 0 Å². The predicted molar refractivity (Wildman–Crippen MR) is 154 cm³/mol. The second-order valence-corrected chi connectivity index (χ2v) is 14.3. The van der Waals surface area contributed by atoms with Crippen molar-refractivity contribution in [3.8, 4) is 11.5 Å². The van der Waals surface area contributed by atoms with E-state index >= 15 is 0 Å². The van der Waals surface area contributed by atoms with E-state index in [9.17, 15) is 22.4 Å². The number of rotatable bonds is 12. The lowest BCUT2D eigenvalue weighted by molar-refractivity contribution is 0.00379. The number of aryl methyl sites for hydroxylation is 2. The molecule has 0 heterocycles. The summed E-state index contributed by atoms with van der Waals surface area (Å²) in [6.45, 7) is 15.8. The lowest BCUT2D eigenvalue weighted by Crippen LogP contribution is -2.28.